The molecular formula is C21H26N2O2. The van der Waals surface area contributed by atoms with Gasteiger partial charge in [-0.05, 0) is 48.9 Å². The summed E-state index contributed by atoms with van der Waals surface area (Å²) >= 11 is 0. The molecule has 2 aromatic rings. The van der Waals surface area contributed by atoms with Gasteiger partial charge in [-0.3, -0.25) is 4.79 Å². The number of piperidine rings is 1. The van der Waals surface area contributed by atoms with Crippen molar-refractivity contribution in [3.05, 3.63) is 60.2 Å². The highest BCUT2D eigenvalue weighted by molar-refractivity contribution is 6.00. The Morgan fingerprint density at radius 3 is 2.36 bits per heavy atom. The maximum Gasteiger partial charge on any atom is 0.255 e. The van der Waals surface area contributed by atoms with Gasteiger partial charge in [-0.1, -0.05) is 37.3 Å². The molecule has 3 rings (SSSR count). The first-order valence-electron chi connectivity index (χ1n) is 8.99. The van der Waals surface area contributed by atoms with Crippen LogP contribution in [0.1, 0.15) is 36.5 Å². The zero-order valence-electron chi connectivity index (χ0n) is 14.7. The number of hydrogen-bond donors (Lipinski definition) is 2. The van der Waals surface area contributed by atoms with Gasteiger partial charge in [0, 0.05) is 25.4 Å². The Morgan fingerprint density at radius 2 is 1.72 bits per heavy atom. The van der Waals surface area contributed by atoms with Crippen molar-refractivity contribution in [3.63, 3.8) is 0 Å². The first-order valence-corrected chi connectivity index (χ1v) is 8.99. The normalized spacial score (nSPS) is 16.5. The molecule has 4 nitrogen and oxygen atoms in total. The number of nitrogens with zero attached hydrogens (tertiary/aromatic N) is 1. The van der Waals surface area contributed by atoms with Crippen LogP contribution in [0.3, 0.4) is 0 Å². The van der Waals surface area contributed by atoms with Crippen LogP contribution < -0.4 is 5.32 Å². The third-order valence-corrected chi connectivity index (χ3v) is 5.41. The Balaban J connectivity index is 1.75. The van der Waals surface area contributed by atoms with Crippen molar-refractivity contribution >= 4 is 17.3 Å². The molecule has 0 spiro atoms. The fourth-order valence-electron chi connectivity index (χ4n) is 3.43. The molecule has 0 radical (unpaired) electrons. The van der Waals surface area contributed by atoms with Gasteiger partial charge in [-0.2, -0.15) is 0 Å². The van der Waals surface area contributed by atoms with E-state index in [2.05, 4.69) is 12.2 Å². The van der Waals surface area contributed by atoms with Crippen molar-refractivity contribution in [3.8, 4) is 0 Å². The number of amides is 1. The lowest BCUT2D eigenvalue weighted by Gasteiger charge is -2.40. The van der Waals surface area contributed by atoms with Gasteiger partial charge in [-0.25, -0.2) is 0 Å². The molecule has 1 heterocycles. The number of aliphatic hydroxyl groups excluding tert-OH is 1. The topological polar surface area (TPSA) is 52.6 Å². The second-order valence-corrected chi connectivity index (χ2v) is 6.84. The highest BCUT2D eigenvalue weighted by atomic mass is 16.3. The van der Waals surface area contributed by atoms with Gasteiger partial charge >= 0.3 is 0 Å². The number of rotatable bonds is 5. The van der Waals surface area contributed by atoms with Crippen LogP contribution in [-0.4, -0.2) is 35.6 Å². The van der Waals surface area contributed by atoms with Gasteiger partial charge in [0.2, 0.25) is 0 Å². The van der Waals surface area contributed by atoms with E-state index in [1.54, 1.807) is 0 Å². The molecule has 0 saturated carbocycles. The summed E-state index contributed by atoms with van der Waals surface area (Å²) in [7, 11) is 0. The Labute approximate surface area is 149 Å². The smallest absolute Gasteiger partial charge is 0.255 e. The van der Waals surface area contributed by atoms with E-state index >= 15 is 0 Å². The number of anilines is 2. The van der Waals surface area contributed by atoms with Crippen molar-refractivity contribution in [1.82, 2.24) is 4.90 Å². The van der Waals surface area contributed by atoms with E-state index < -0.39 is 0 Å². The number of hydrogen-bond acceptors (Lipinski definition) is 3. The van der Waals surface area contributed by atoms with E-state index in [-0.39, 0.29) is 17.9 Å². The Kier molecular flexibility index (Phi) is 5.39. The first kappa shape index (κ1) is 17.5. The van der Waals surface area contributed by atoms with E-state index in [1.165, 1.54) is 0 Å². The molecule has 0 atom stereocenters. The second kappa shape index (κ2) is 7.70. The van der Waals surface area contributed by atoms with Crippen LogP contribution in [0.2, 0.25) is 0 Å². The molecular weight excluding hydrogens is 312 g/mol. The molecule has 25 heavy (non-hydrogen) atoms. The quantitative estimate of drug-likeness (QED) is 0.864. The van der Waals surface area contributed by atoms with Crippen molar-refractivity contribution in [1.29, 1.82) is 0 Å². The van der Waals surface area contributed by atoms with E-state index in [0.29, 0.717) is 18.7 Å². The zero-order valence-corrected chi connectivity index (χ0v) is 14.7. The summed E-state index contributed by atoms with van der Waals surface area (Å²) < 4.78 is 0. The summed E-state index contributed by atoms with van der Waals surface area (Å²) in [5, 5.41) is 13.0. The number of carbonyl (C=O) groups is 1. The number of nitrogens with one attached hydrogen (secondary N) is 1. The predicted octanol–water partition coefficient (Wildman–Crippen LogP) is 4.05. The minimum Gasteiger partial charge on any atom is -0.396 e. The van der Waals surface area contributed by atoms with Crippen LogP contribution in [-0.2, 0) is 0 Å². The molecule has 0 unspecified atom stereocenters. The average Bonchev–Trinajstić information content (AvgIpc) is 2.69. The maximum atomic E-state index is 13.0. The van der Waals surface area contributed by atoms with Crippen LogP contribution in [0.5, 0.6) is 0 Å². The molecule has 0 aliphatic carbocycles. The van der Waals surface area contributed by atoms with E-state index in [1.807, 2.05) is 59.5 Å². The molecule has 0 aromatic heterocycles. The van der Waals surface area contributed by atoms with Gasteiger partial charge < -0.3 is 15.3 Å². The van der Waals surface area contributed by atoms with Crippen LogP contribution in [0.15, 0.2) is 54.6 Å². The maximum absolute atomic E-state index is 13.0. The zero-order chi connectivity index (χ0) is 17.7. The highest BCUT2D eigenvalue weighted by Gasteiger charge is 2.34. The van der Waals surface area contributed by atoms with E-state index in [4.69, 9.17) is 0 Å². The molecule has 2 N–H and O–H groups in total. The molecule has 132 valence electrons. The number of likely N-dealkylation sites (tertiary alicyclic amines) is 1. The molecule has 2 aromatic carbocycles. The molecule has 4 heteroatoms. The second-order valence-electron chi connectivity index (χ2n) is 6.84. The fourth-order valence-corrected chi connectivity index (χ4v) is 3.43. The minimum absolute atomic E-state index is 0.0153. The van der Waals surface area contributed by atoms with Gasteiger partial charge in [0.05, 0.1) is 11.3 Å². The van der Waals surface area contributed by atoms with Gasteiger partial charge in [-0.15, -0.1) is 0 Å². The monoisotopic (exact) mass is 338 g/mol. The molecule has 1 aliphatic rings. The van der Waals surface area contributed by atoms with Crippen LogP contribution in [0.25, 0.3) is 0 Å². The van der Waals surface area contributed by atoms with Crippen molar-refractivity contribution in [2.24, 2.45) is 5.41 Å². The van der Waals surface area contributed by atoms with Crippen LogP contribution in [0, 0.1) is 5.41 Å². The van der Waals surface area contributed by atoms with Crippen LogP contribution >= 0.6 is 0 Å². The summed E-state index contributed by atoms with van der Waals surface area (Å²) in [6.45, 7) is 3.73. The highest BCUT2D eigenvalue weighted by Crippen LogP contribution is 2.35. The van der Waals surface area contributed by atoms with Crippen molar-refractivity contribution in [2.75, 3.05) is 25.0 Å². The Hall–Kier alpha value is -2.33. The summed E-state index contributed by atoms with van der Waals surface area (Å²) in [5.41, 5.74) is 2.47. The number of carbonyl (C=O) groups excluding carboxylic acids is 1. The van der Waals surface area contributed by atoms with Gasteiger partial charge in [0.25, 0.3) is 5.91 Å². The fraction of sp³-hybridized carbons (Fsp3) is 0.381. The minimum atomic E-state index is -0.0153. The standard InChI is InChI=1S/C21H26N2O2/c1-2-21(16-24)12-14-23(15-13-21)20(25)18-10-6-7-11-19(18)22-17-8-4-3-5-9-17/h3-11,22,24H,2,12-16H2,1H3. The lowest BCUT2D eigenvalue weighted by Crippen LogP contribution is -2.44. The molecule has 1 saturated heterocycles. The summed E-state index contributed by atoms with van der Waals surface area (Å²) in [6.07, 6.45) is 2.68. The molecule has 1 aliphatic heterocycles. The SMILES string of the molecule is CCC1(CO)CCN(C(=O)c2ccccc2Nc2ccccc2)CC1. The van der Waals surface area contributed by atoms with E-state index in [9.17, 15) is 9.90 Å². The number of benzene rings is 2. The van der Waals surface area contributed by atoms with Crippen molar-refractivity contribution in [2.45, 2.75) is 26.2 Å². The van der Waals surface area contributed by atoms with Gasteiger partial charge in [0.15, 0.2) is 0 Å². The summed E-state index contributed by atoms with van der Waals surface area (Å²) in [6, 6.07) is 17.5. The predicted molar refractivity (Wildman–Crippen MR) is 101 cm³/mol. The van der Waals surface area contributed by atoms with E-state index in [0.717, 1.165) is 30.6 Å². The number of aliphatic hydroxyl groups is 1. The largest absolute Gasteiger partial charge is 0.396 e. The molecule has 1 amide bonds. The number of para-hydroxylation sites is 2. The summed E-state index contributed by atoms with van der Waals surface area (Å²) in [5.74, 6) is 0.0571. The molecule has 1 fully saturated rings. The van der Waals surface area contributed by atoms with Crippen LogP contribution in [0.4, 0.5) is 11.4 Å². The Morgan fingerprint density at radius 1 is 1.08 bits per heavy atom. The third-order valence-electron chi connectivity index (χ3n) is 5.41. The van der Waals surface area contributed by atoms with Gasteiger partial charge in [0.1, 0.15) is 0 Å². The summed E-state index contributed by atoms with van der Waals surface area (Å²) in [4.78, 5) is 14.9. The van der Waals surface area contributed by atoms with Crippen molar-refractivity contribution < 1.29 is 9.90 Å². The first-order chi connectivity index (χ1) is 12.2. The lowest BCUT2D eigenvalue weighted by molar-refractivity contribution is 0.0338. The lowest BCUT2D eigenvalue weighted by atomic mass is 9.77. The average molecular weight is 338 g/mol. The molecule has 0 bridgehead atoms. The Bertz CT molecular complexity index is 701. The third kappa shape index (κ3) is 3.85.